The first-order valence-corrected chi connectivity index (χ1v) is 6.28. The Bertz CT molecular complexity index is 205. The lowest BCUT2D eigenvalue weighted by Gasteiger charge is -2.37. The molecule has 1 aliphatic rings. The average Bonchev–Trinajstić information content (AvgIpc) is 2.21. The molecular weight excluding hydrogens is 204 g/mol. The third kappa shape index (κ3) is 4.10. The summed E-state index contributed by atoms with van der Waals surface area (Å²) in [6.45, 7) is 2.16. The van der Waals surface area contributed by atoms with Crippen LogP contribution in [0.2, 0.25) is 0 Å². The maximum Gasteiger partial charge on any atom is 0.222 e. The quantitative estimate of drug-likeness (QED) is 0.634. The number of rotatable bonds is 8. The summed E-state index contributed by atoms with van der Waals surface area (Å²) in [7, 11) is 1.67. The normalized spacial score (nSPS) is 15.9. The molecule has 16 heavy (non-hydrogen) atoms. The molecule has 1 fully saturated rings. The molecule has 0 aromatic heterocycles. The van der Waals surface area contributed by atoms with E-state index in [0.29, 0.717) is 25.6 Å². The maximum atomic E-state index is 12.0. The predicted molar refractivity (Wildman–Crippen MR) is 64.1 cm³/mol. The second kappa shape index (κ2) is 7.63. The van der Waals surface area contributed by atoms with Crippen molar-refractivity contribution in [2.75, 3.05) is 26.8 Å². The van der Waals surface area contributed by atoms with Gasteiger partial charge in [-0.2, -0.15) is 0 Å². The second-order valence-electron chi connectivity index (χ2n) is 4.41. The van der Waals surface area contributed by atoms with Crippen LogP contribution < -0.4 is 5.73 Å². The number of nitrogens with two attached hydrogens (primary N) is 1. The molecule has 4 heteroatoms. The largest absolute Gasteiger partial charge is 0.385 e. The summed E-state index contributed by atoms with van der Waals surface area (Å²) in [6.07, 6.45) is 5.93. The van der Waals surface area contributed by atoms with Crippen molar-refractivity contribution in [2.45, 2.75) is 44.6 Å². The van der Waals surface area contributed by atoms with Crippen molar-refractivity contribution in [2.24, 2.45) is 5.73 Å². The van der Waals surface area contributed by atoms with E-state index in [1.54, 1.807) is 7.11 Å². The molecule has 0 aliphatic heterocycles. The van der Waals surface area contributed by atoms with Crippen LogP contribution in [-0.2, 0) is 9.53 Å². The molecule has 0 spiro atoms. The Kier molecular flexibility index (Phi) is 6.42. The van der Waals surface area contributed by atoms with Gasteiger partial charge in [0.2, 0.25) is 5.91 Å². The van der Waals surface area contributed by atoms with Crippen LogP contribution in [0.15, 0.2) is 0 Å². The van der Waals surface area contributed by atoms with Crippen molar-refractivity contribution < 1.29 is 9.53 Å². The monoisotopic (exact) mass is 228 g/mol. The standard InChI is InChI=1S/C12H24N2O2/c1-16-10-3-7-12(15)14(9-4-8-13)11-5-2-6-11/h11H,2-10,13H2,1H3. The van der Waals surface area contributed by atoms with Crippen LogP contribution in [-0.4, -0.2) is 43.7 Å². The van der Waals surface area contributed by atoms with Gasteiger partial charge in [0.25, 0.3) is 0 Å². The zero-order chi connectivity index (χ0) is 11.8. The van der Waals surface area contributed by atoms with Gasteiger partial charge >= 0.3 is 0 Å². The van der Waals surface area contributed by atoms with Gasteiger partial charge in [-0.05, 0) is 38.6 Å². The summed E-state index contributed by atoms with van der Waals surface area (Å²) < 4.78 is 4.96. The van der Waals surface area contributed by atoms with Gasteiger partial charge in [-0.3, -0.25) is 4.79 Å². The van der Waals surface area contributed by atoms with Crippen LogP contribution in [0.1, 0.15) is 38.5 Å². The van der Waals surface area contributed by atoms with E-state index in [1.807, 2.05) is 4.90 Å². The number of methoxy groups -OCH3 is 1. The molecule has 94 valence electrons. The van der Waals surface area contributed by atoms with Crippen molar-refractivity contribution in [1.29, 1.82) is 0 Å². The van der Waals surface area contributed by atoms with Gasteiger partial charge in [-0.15, -0.1) is 0 Å². The van der Waals surface area contributed by atoms with Gasteiger partial charge in [-0.1, -0.05) is 0 Å². The Labute approximate surface area is 98.1 Å². The number of ether oxygens (including phenoxy) is 1. The van der Waals surface area contributed by atoms with Crippen LogP contribution >= 0.6 is 0 Å². The molecule has 2 N–H and O–H groups in total. The van der Waals surface area contributed by atoms with Crippen molar-refractivity contribution in [3.63, 3.8) is 0 Å². The van der Waals surface area contributed by atoms with E-state index in [9.17, 15) is 4.79 Å². The molecule has 0 radical (unpaired) electrons. The van der Waals surface area contributed by atoms with Gasteiger partial charge in [-0.25, -0.2) is 0 Å². The Morgan fingerprint density at radius 1 is 1.44 bits per heavy atom. The molecule has 1 saturated carbocycles. The first kappa shape index (κ1) is 13.5. The minimum Gasteiger partial charge on any atom is -0.385 e. The Morgan fingerprint density at radius 2 is 2.19 bits per heavy atom. The highest BCUT2D eigenvalue weighted by Gasteiger charge is 2.27. The van der Waals surface area contributed by atoms with Gasteiger partial charge in [0.05, 0.1) is 0 Å². The molecule has 0 unspecified atom stereocenters. The molecule has 1 rings (SSSR count). The number of amides is 1. The fourth-order valence-electron chi connectivity index (χ4n) is 1.98. The van der Waals surface area contributed by atoms with E-state index in [4.69, 9.17) is 10.5 Å². The summed E-state index contributed by atoms with van der Waals surface area (Å²) in [6, 6.07) is 0.488. The molecule has 0 aromatic carbocycles. The van der Waals surface area contributed by atoms with Crippen LogP contribution in [0.5, 0.6) is 0 Å². The number of nitrogens with zero attached hydrogens (tertiary/aromatic N) is 1. The van der Waals surface area contributed by atoms with Crippen LogP contribution in [0.4, 0.5) is 0 Å². The average molecular weight is 228 g/mol. The number of hydrogen-bond acceptors (Lipinski definition) is 3. The Morgan fingerprint density at radius 3 is 2.69 bits per heavy atom. The molecule has 4 nitrogen and oxygen atoms in total. The Hall–Kier alpha value is -0.610. The van der Waals surface area contributed by atoms with Crippen molar-refractivity contribution in [3.05, 3.63) is 0 Å². The highest BCUT2D eigenvalue weighted by Crippen LogP contribution is 2.25. The van der Waals surface area contributed by atoms with E-state index in [-0.39, 0.29) is 5.91 Å². The van der Waals surface area contributed by atoms with Crippen LogP contribution in [0.25, 0.3) is 0 Å². The fourth-order valence-corrected chi connectivity index (χ4v) is 1.98. The number of carbonyl (C=O) groups is 1. The lowest BCUT2D eigenvalue weighted by molar-refractivity contribution is -0.135. The van der Waals surface area contributed by atoms with E-state index < -0.39 is 0 Å². The van der Waals surface area contributed by atoms with Crippen molar-refractivity contribution in [1.82, 2.24) is 4.90 Å². The third-order valence-corrected chi connectivity index (χ3v) is 3.18. The van der Waals surface area contributed by atoms with Gasteiger partial charge in [0, 0.05) is 32.7 Å². The van der Waals surface area contributed by atoms with E-state index in [2.05, 4.69) is 0 Å². The molecule has 0 atom stereocenters. The van der Waals surface area contributed by atoms with E-state index in [1.165, 1.54) is 19.3 Å². The molecule has 0 heterocycles. The number of hydrogen-bond donors (Lipinski definition) is 1. The fraction of sp³-hybridized carbons (Fsp3) is 0.917. The molecule has 0 saturated heterocycles. The summed E-state index contributed by atoms with van der Waals surface area (Å²) in [4.78, 5) is 14.0. The lowest BCUT2D eigenvalue weighted by atomic mass is 9.91. The lowest BCUT2D eigenvalue weighted by Crippen LogP contribution is -2.45. The van der Waals surface area contributed by atoms with Gasteiger partial charge in [0.15, 0.2) is 0 Å². The molecule has 0 bridgehead atoms. The summed E-state index contributed by atoms with van der Waals surface area (Å²) in [5.74, 6) is 0.273. The smallest absolute Gasteiger partial charge is 0.222 e. The van der Waals surface area contributed by atoms with Crippen LogP contribution in [0.3, 0.4) is 0 Å². The summed E-state index contributed by atoms with van der Waals surface area (Å²) in [5, 5.41) is 0. The first-order valence-electron chi connectivity index (χ1n) is 6.28. The predicted octanol–water partition coefficient (Wildman–Crippen LogP) is 1.14. The highest BCUT2D eigenvalue weighted by molar-refractivity contribution is 5.76. The van der Waals surface area contributed by atoms with Crippen molar-refractivity contribution >= 4 is 5.91 Å². The number of carbonyl (C=O) groups excluding carboxylic acids is 1. The maximum absolute atomic E-state index is 12.0. The first-order chi connectivity index (χ1) is 7.79. The minimum absolute atomic E-state index is 0.273. The van der Waals surface area contributed by atoms with Crippen LogP contribution in [0, 0.1) is 0 Å². The second-order valence-corrected chi connectivity index (χ2v) is 4.41. The van der Waals surface area contributed by atoms with E-state index in [0.717, 1.165) is 19.4 Å². The van der Waals surface area contributed by atoms with Crippen molar-refractivity contribution in [3.8, 4) is 0 Å². The molecular formula is C12H24N2O2. The zero-order valence-electron chi connectivity index (χ0n) is 10.3. The van der Waals surface area contributed by atoms with E-state index >= 15 is 0 Å². The summed E-state index contributed by atoms with van der Waals surface area (Å²) >= 11 is 0. The van der Waals surface area contributed by atoms with Gasteiger partial charge in [0.1, 0.15) is 0 Å². The molecule has 1 aliphatic carbocycles. The Balaban J connectivity index is 2.31. The SMILES string of the molecule is COCCCC(=O)N(CCCN)C1CCC1. The molecule has 1 amide bonds. The third-order valence-electron chi connectivity index (χ3n) is 3.18. The van der Waals surface area contributed by atoms with Gasteiger partial charge < -0.3 is 15.4 Å². The minimum atomic E-state index is 0.273. The summed E-state index contributed by atoms with van der Waals surface area (Å²) in [5.41, 5.74) is 5.50. The molecule has 0 aromatic rings. The topological polar surface area (TPSA) is 55.6 Å². The highest BCUT2D eigenvalue weighted by atomic mass is 16.5. The zero-order valence-corrected chi connectivity index (χ0v) is 10.3.